The average molecular weight is 491 g/mol. The van der Waals surface area contributed by atoms with Gasteiger partial charge in [-0.05, 0) is 24.1 Å². The van der Waals surface area contributed by atoms with E-state index < -0.39 is 29.7 Å². The first-order valence-electron chi connectivity index (χ1n) is 11.3. The van der Waals surface area contributed by atoms with Crippen LogP contribution in [0.1, 0.15) is 25.3 Å². The molecule has 0 saturated heterocycles. The summed E-state index contributed by atoms with van der Waals surface area (Å²) in [5.41, 5.74) is 5.10. The lowest BCUT2D eigenvalue weighted by Gasteiger charge is -2.24. The molecule has 1 aliphatic rings. The molecule has 12 heteroatoms. The van der Waals surface area contributed by atoms with E-state index in [-0.39, 0.29) is 37.6 Å². The molecule has 0 saturated carbocycles. The summed E-state index contributed by atoms with van der Waals surface area (Å²) in [5.74, 6) is -0.331. The van der Waals surface area contributed by atoms with Crippen LogP contribution in [-0.4, -0.2) is 61.5 Å². The Morgan fingerprint density at radius 2 is 1.94 bits per heavy atom. The Balaban J connectivity index is 1.73. The number of hydrogen-bond donors (Lipinski definition) is 2. The number of nitrogen functional groups attached to an aromatic ring is 1. The first-order valence-corrected chi connectivity index (χ1v) is 11.3. The number of H-pyrrole nitrogens is 1. The predicted molar refractivity (Wildman–Crippen MR) is 127 cm³/mol. The van der Waals surface area contributed by atoms with Crippen molar-refractivity contribution in [2.45, 2.75) is 32.7 Å². The molecule has 0 spiro atoms. The van der Waals surface area contributed by atoms with E-state index in [1.807, 2.05) is 6.92 Å². The molecule has 1 aromatic carbocycles. The van der Waals surface area contributed by atoms with Gasteiger partial charge < -0.3 is 24.7 Å². The number of benzene rings is 1. The van der Waals surface area contributed by atoms with Crippen molar-refractivity contribution in [2.24, 2.45) is 0 Å². The Bertz CT molecular complexity index is 1170. The first kappa shape index (κ1) is 25.8. The standard InChI is InChI=1S/C23H30N4O8/c1-3-4-7-27-21(24)20(22(30)25-23(27)31)26(8-9-32-2)18(28)14-35-19(29)13-15-5-6-16-17(12-15)34-11-10-33-16/h5-6,12H,3-4,7-11,13-14,24H2,1-2H3,(H,25,30,31). The fourth-order valence-corrected chi connectivity index (χ4v) is 3.56. The van der Waals surface area contributed by atoms with Gasteiger partial charge >= 0.3 is 11.7 Å². The summed E-state index contributed by atoms with van der Waals surface area (Å²) in [4.78, 5) is 53.4. The van der Waals surface area contributed by atoms with Gasteiger partial charge in [0.25, 0.3) is 11.5 Å². The van der Waals surface area contributed by atoms with Gasteiger partial charge in [-0.2, -0.15) is 0 Å². The van der Waals surface area contributed by atoms with Crippen molar-refractivity contribution >= 4 is 23.4 Å². The SMILES string of the molecule is CCCCn1c(N)c(N(CCOC)C(=O)COC(=O)Cc2ccc3c(c2)OCCO3)c(=O)[nH]c1=O. The van der Waals surface area contributed by atoms with Gasteiger partial charge in [-0.3, -0.25) is 28.8 Å². The molecule has 3 N–H and O–H groups in total. The number of nitrogens with zero attached hydrogens (tertiary/aromatic N) is 2. The molecule has 2 heterocycles. The summed E-state index contributed by atoms with van der Waals surface area (Å²) < 4.78 is 22.4. The third kappa shape index (κ3) is 6.41. The zero-order valence-corrected chi connectivity index (χ0v) is 19.8. The van der Waals surface area contributed by atoms with Crippen molar-refractivity contribution in [3.63, 3.8) is 0 Å². The maximum absolute atomic E-state index is 13.0. The number of carbonyl (C=O) groups is 2. The number of carbonyl (C=O) groups excluding carboxylic acids is 2. The Kier molecular flexibility index (Phi) is 8.90. The van der Waals surface area contributed by atoms with Crippen LogP contribution in [0, 0.1) is 0 Å². The molecule has 0 aliphatic carbocycles. The molecular formula is C23H30N4O8. The van der Waals surface area contributed by atoms with E-state index in [1.54, 1.807) is 18.2 Å². The van der Waals surface area contributed by atoms with Gasteiger partial charge in [0.05, 0.1) is 13.0 Å². The van der Waals surface area contributed by atoms with E-state index in [0.29, 0.717) is 36.7 Å². The summed E-state index contributed by atoms with van der Waals surface area (Å²) in [6.07, 6.45) is 1.36. The molecule has 0 fully saturated rings. The van der Waals surface area contributed by atoms with Crippen LogP contribution in [0.25, 0.3) is 0 Å². The highest BCUT2D eigenvalue weighted by molar-refractivity contribution is 5.97. The van der Waals surface area contributed by atoms with Crippen molar-refractivity contribution in [1.82, 2.24) is 9.55 Å². The zero-order valence-electron chi connectivity index (χ0n) is 19.8. The fraction of sp³-hybridized carbons (Fsp3) is 0.478. The van der Waals surface area contributed by atoms with Crippen molar-refractivity contribution in [3.8, 4) is 11.5 Å². The second-order valence-electron chi connectivity index (χ2n) is 7.85. The van der Waals surface area contributed by atoms with Gasteiger partial charge in [0.1, 0.15) is 19.0 Å². The monoisotopic (exact) mass is 490 g/mol. The average Bonchev–Trinajstić information content (AvgIpc) is 2.84. The lowest BCUT2D eigenvalue weighted by molar-refractivity contribution is -0.147. The van der Waals surface area contributed by atoms with E-state index in [1.165, 1.54) is 11.7 Å². The Hall–Kier alpha value is -3.80. The number of aromatic amines is 1. The van der Waals surface area contributed by atoms with Gasteiger partial charge in [-0.15, -0.1) is 0 Å². The zero-order chi connectivity index (χ0) is 25.4. The molecule has 12 nitrogen and oxygen atoms in total. The number of nitrogens with two attached hydrogens (primary N) is 1. The second kappa shape index (κ2) is 12.1. The van der Waals surface area contributed by atoms with Crippen molar-refractivity contribution in [2.75, 3.05) is 50.7 Å². The van der Waals surface area contributed by atoms with Crippen LogP contribution in [0.5, 0.6) is 11.5 Å². The minimum absolute atomic E-state index is 0.0334. The molecule has 1 amide bonds. The van der Waals surface area contributed by atoms with E-state index in [4.69, 9.17) is 24.7 Å². The van der Waals surface area contributed by atoms with E-state index in [2.05, 4.69) is 4.98 Å². The number of amides is 1. The highest BCUT2D eigenvalue weighted by Gasteiger charge is 2.25. The highest BCUT2D eigenvalue weighted by atomic mass is 16.6. The molecule has 1 aliphatic heterocycles. The summed E-state index contributed by atoms with van der Waals surface area (Å²) in [6, 6.07) is 5.10. The molecule has 0 bridgehead atoms. The molecule has 0 radical (unpaired) electrons. The highest BCUT2D eigenvalue weighted by Crippen LogP contribution is 2.30. The number of hydrogen-bond acceptors (Lipinski definition) is 9. The van der Waals surface area contributed by atoms with Crippen LogP contribution in [-0.2, 0) is 32.0 Å². The molecular weight excluding hydrogens is 460 g/mol. The van der Waals surface area contributed by atoms with E-state index >= 15 is 0 Å². The quantitative estimate of drug-likeness (QED) is 0.427. The van der Waals surface area contributed by atoms with Crippen molar-refractivity contribution < 1.29 is 28.5 Å². The number of anilines is 2. The predicted octanol–water partition coefficient (Wildman–Crippen LogP) is 0.455. The van der Waals surface area contributed by atoms with Crippen LogP contribution in [0.2, 0.25) is 0 Å². The van der Waals surface area contributed by atoms with Crippen LogP contribution in [0.4, 0.5) is 11.5 Å². The summed E-state index contributed by atoms with van der Waals surface area (Å²) in [7, 11) is 1.44. The van der Waals surface area contributed by atoms with Gasteiger partial charge in [-0.25, -0.2) is 4.79 Å². The largest absolute Gasteiger partial charge is 0.486 e. The Morgan fingerprint density at radius 1 is 1.20 bits per heavy atom. The Labute approximate surface area is 201 Å². The topological polar surface area (TPSA) is 155 Å². The number of rotatable bonds is 11. The number of methoxy groups -OCH3 is 1. The fourth-order valence-electron chi connectivity index (χ4n) is 3.56. The number of nitrogens with one attached hydrogen (secondary N) is 1. The Morgan fingerprint density at radius 3 is 2.66 bits per heavy atom. The molecule has 0 unspecified atom stereocenters. The second-order valence-corrected chi connectivity index (χ2v) is 7.85. The molecule has 1 aromatic heterocycles. The van der Waals surface area contributed by atoms with Crippen LogP contribution in [0.15, 0.2) is 27.8 Å². The number of esters is 1. The summed E-state index contributed by atoms with van der Waals surface area (Å²) >= 11 is 0. The molecule has 2 aromatic rings. The molecule has 190 valence electrons. The van der Waals surface area contributed by atoms with E-state index in [9.17, 15) is 19.2 Å². The maximum atomic E-state index is 13.0. The third-order valence-electron chi connectivity index (χ3n) is 5.35. The third-order valence-corrected chi connectivity index (χ3v) is 5.35. The van der Waals surface area contributed by atoms with Crippen LogP contribution >= 0.6 is 0 Å². The number of ether oxygens (including phenoxy) is 4. The minimum Gasteiger partial charge on any atom is -0.486 e. The molecule has 0 atom stereocenters. The molecule has 3 rings (SSSR count). The summed E-state index contributed by atoms with van der Waals surface area (Å²) in [5, 5.41) is 0. The number of unbranched alkanes of at least 4 members (excludes halogenated alkanes) is 1. The smallest absolute Gasteiger partial charge is 0.330 e. The van der Waals surface area contributed by atoms with Gasteiger partial charge in [0.2, 0.25) is 0 Å². The van der Waals surface area contributed by atoms with Gasteiger partial charge in [0.15, 0.2) is 23.8 Å². The maximum Gasteiger partial charge on any atom is 0.330 e. The lowest BCUT2D eigenvalue weighted by Crippen LogP contribution is -2.44. The first-order chi connectivity index (χ1) is 16.8. The normalized spacial score (nSPS) is 12.3. The number of aromatic nitrogens is 2. The van der Waals surface area contributed by atoms with E-state index in [0.717, 1.165) is 11.3 Å². The van der Waals surface area contributed by atoms with Gasteiger partial charge in [0, 0.05) is 20.2 Å². The minimum atomic E-state index is -0.813. The van der Waals surface area contributed by atoms with Crippen molar-refractivity contribution in [3.05, 3.63) is 44.6 Å². The number of fused-ring (bicyclic) bond motifs is 1. The van der Waals surface area contributed by atoms with Crippen molar-refractivity contribution in [1.29, 1.82) is 0 Å². The van der Waals surface area contributed by atoms with Crippen LogP contribution in [0.3, 0.4) is 0 Å². The summed E-state index contributed by atoms with van der Waals surface area (Å²) in [6.45, 7) is 2.53. The molecule has 35 heavy (non-hydrogen) atoms. The van der Waals surface area contributed by atoms with Gasteiger partial charge in [-0.1, -0.05) is 19.4 Å². The lowest BCUT2D eigenvalue weighted by atomic mass is 10.1. The van der Waals surface area contributed by atoms with Crippen LogP contribution < -0.4 is 31.4 Å².